The second-order valence-electron chi connectivity index (χ2n) is 2.97. The van der Waals surface area contributed by atoms with Crippen molar-refractivity contribution in [1.82, 2.24) is 10.2 Å². The number of hydrogen-bond donors (Lipinski definition) is 0. The van der Waals surface area contributed by atoms with Crippen LogP contribution in [0, 0.1) is 3.01 Å². The number of halogens is 1. The average molecular weight is 332 g/mol. The highest BCUT2D eigenvalue weighted by atomic mass is 127. The fourth-order valence-electron chi connectivity index (χ4n) is 1.22. The van der Waals surface area contributed by atoms with Crippen LogP contribution in [0.3, 0.4) is 0 Å². The van der Waals surface area contributed by atoms with Crippen LogP contribution in [0.4, 0.5) is 0 Å². The fourth-order valence-corrected chi connectivity index (χ4v) is 2.69. The van der Waals surface area contributed by atoms with Gasteiger partial charge in [0.05, 0.1) is 7.11 Å². The first-order valence-electron chi connectivity index (χ1n) is 4.39. The number of aromatic nitrogens is 2. The van der Waals surface area contributed by atoms with Gasteiger partial charge in [0.1, 0.15) is 10.8 Å². The van der Waals surface area contributed by atoms with E-state index in [1.807, 2.05) is 24.3 Å². The van der Waals surface area contributed by atoms with E-state index in [9.17, 15) is 0 Å². The van der Waals surface area contributed by atoms with Crippen molar-refractivity contribution in [3.05, 3.63) is 37.9 Å². The molecule has 0 amide bonds. The Labute approximate surface area is 106 Å². The predicted molar refractivity (Wildman–Crippen MR) is 68.4 cm³/mol. The Morgan fingerprint density at radius 3 is 2.53 bits per heavy atom. The van der Waals surface area contributed by atoms with E-state index in [0.717, 1.165) is 20.2 Å². The Kier molecular flexibility index (Phi) is 3.53. The van der Waals surface area contributed by atoms with Crippen molar-refractivity contribution in [2.45, 2.75) is 6.42 Å². The number of ether oxygens (including phenoxy) is 1. The molecule has 0 unspecified atom stereocenters. The lowest BCUT2D eigenvalue weighted by atomic mass is 10.1. The third-order valence-electron chi connectivity index (χ3n) is 1.96. The van der Waals surface area contributed by atoms with Gasteiger partial charge in [0.15, 0.2) is 3.01 Å². The van der Waals surface area contributed by atoms with Gasteiger partial charge in [0.2, 0.25) is 0 Å². The number of nitrogens with zero attached hydrogens (tertiary/aromatic N) is 2. The average Bonchev–Trinajstić information content (AvgIpc) is 2.65. The Bertz CT molecular complexity index is 441. The maximum atomic E-state index is 5.10. The van der Waals surface area contributed by atoms with Crippen LogP contribution in [0.2, 0.25) is 0 Å². The maximum absolute atomic E-state index is 5.10. The molecule has 2 rings (SSSR count). The quantitative estimate of drug-likeness (QED) is 0.811. The highest BCUT2D eigenvalue weighted by Crippen LogP contribution is 2.18. The molecule has 0 bridgehead atoms. The molecule has 1 aromatic heterocycles. The second-order valence-corrected chi connectivity index (χ2v) is 5.79. The lowest BCUT2D eigenvalue weighted by Gasteiger charge is -2.00. The van der Waals surface area contributed by atoms with Crippen LogP contribution in [0.5, 0.6) is 5.75 Å². The van der Waals surface area contributed by atoms with Gasteiger partial charge in [-0.25, -0.2) is 0 Å². The monoisotopic (exact) mass is 332 g/mol. The molecule has 78 valence electrons. The van der Waals surface area contributed by atoms with Crippen molar-refractivity contribution in [2.75, 3.05) is 7.11 Å². The van der Waals surface area contributed by atoms with Crippen molar-refractivity contribution in [1.29, 1.82) is 0 Å². The third kappa shape index (κ3) is 2.88. The summed E-state index contributed by atoms with van der Waals surface area (Å²) in [4.78, 5) is 0. The van der Waals surface area contributed by atoms with Gasteiger partial charge in [0, 0.05) is 6.42 Å². The highest BCUT2D eigenvalue weighted by Gasteiger charge is 2.02. The fraction of sp³-hybridized carbons (Fsp3) is 0.200. The minimum absolute atomic E-state index is 0.838. The molecule has 1 aromatic carbocycles. The molecule has 0 atom stereocenters. The molecule has 0 saturated carbocycles. The van der Waals surface area contributed by atoms with Crippen LogP contribution in [-0.2, 0) is 6.42 Å². The zero-order valence-corrected chi connectivity index (χ0v) is 11.1. The van der Waals surface area contributed by atoms with E-state index in [4.69, 9.17) is 4.74 Å². The van der Waals surface area contributed by atoms with E-state index >= 15 is 0 Å². The van der Waals surface area contributed by atoms with Gasteiger partial charge < -0.3 is 4.74 Å². The van der Waals surface area contributed by atoms with E-state index in [2.05, 4.69) is 32.8 Å². The standard InChI is InChI=1S/C10H9IN2OS/c1-14-8-4-2-7(3-5-8)6-9-12-13-10(11)15-9/h2-5H,6H2,1H3. The summed E-state index contributed by atoms with van der Waals surface area (Å²) in [5.74, 6) is 0.880. The van der Waals surface area contributed by atoms with E-state index in [-0.39, 0.29) is 0 Å². The normalized spacial score (nSPS) is 10.3. The predicted octanol–water partition coefficient (Wildman–Crippen LogP) is 2.74. The Balaban J connectivity index is 2.11. The van der Waals surface area contributed by atoms with Crippen molar-refractivity contribution >= 4 is 33.9 Å². The summed E-state index contributed by atoms with van der Waals surface area (Å²) < 4.78 is 6.08. The second kappa shape index (κ2) is 4.89. The minimum Gasteiger partial charge on any atom is -0.497 e. The molecule has 0 aliphatic heterocycles. The molecule has 0 N–H and O–H groups in total. The van der Waals surface area contributed by atoms with Crippen molar-refractivity contribution in [3.63, 3.8) is 0 Å². The summed E-state index contributed by atoms with van der Waals surface area (Å²) >= 11 is 3.81. The lowest BCUT2D eigenvalue weighted by molar-refractivity contribution is 0.414. The van der Waals surface area contributed by atoms with Gasteiger partial charge in [-0.15, -0.1) is 10.2 Å². The molecular formula is C10H9IN2OS. The Hall–Kier alpha value is -0.690. The van der Waals surface area contributed by atoms with Crippen molar-refractivity contribution < 1.29 is 4.74 Å². The van der Waals surface area contributed by atoms with Gasteiger partial charge >= 0.3 is 0 Å². The zero-order valence-electron chi connectivity index (χ0n) is 8.11. The molecule has 0 aliphatic carbocycles. The van der Waals surface area contributed by atoms with Gasteiger partial charge in [-0.1, -0.05) is 23.5 Å². The first kappa shape index (κ1) is 10.8. The highest BCUT2D eigenvalue weighted by molar-refractivity contribution is 14.1. The molecule has 0 spiro atoms. The van der Waals surface area contributed by atoms with Crippen molar-refractivity contribution in [3.8, 4) is 5.75 Å². The zero-order chi connectivity index (χ0) is 10.7. The van der Waals surface area contributed by atoms with E-state index in [0.29, 0.717) is 0 Å². The lowest BCUT2D eigenvalue weighted by Crippen LogP contribution is -1.88. The summed E-state index contributed by atoms with van der Waals surface area (Å²) in [6.45, 7) is 0. The van der Waals surface area contributed by atoms with E-state index < -0.39 is 0 Å². The smallest absolute Gasteiger partial charge is 0.178 e. The number of benzene rings is 1. The molecule has 0 saturated heterocycles. The molecule has 5 heteroatoms. The summed E-state index contributed by atoms with van der Waals surface area (Å²) in [5.41, 5.74) is 1.23. The largest absolute Gasteiger partial charge is 0.497 e. The summed E-state index contributed by atoms with van der Waals surface area (Å²) in [5, 5.41) is 9.11. The van der Waals surface area contributed by atoms with Crippen LogP contribution < -0.4 is 4.74 Å². The van der Waals surface area contributed by atoms with Gasteiger partial charge in [0.25, 0.3) is 0 Å². The van der Waals surface area contributed by atoms with E-state index in [1.165, 1.54) is 5.56 Å². The maximum Gasteiger partial charge on any atom is 0.178 e. The molecule has 3 nitrogen and oxygen atoms in total. The molecule has 15 heavy (non-hydrogen) atoms. The van der Waals surface area contributed by atoms with Crippen molar-refractivity contribution in [2.24, 2.45) is 0 Å². The number of rotatable bonds is 3. The van der Waals surface area contributed by atoms with Gasteiger partial charge in [-0.3, -0.25) is 0 Å². The van der Waals surface area contributed by atoms with Gasteiger partial charge in [-0.2, -0.15) is 0 Å². The Morgan fingerprint density at radius 1 is 1.27 bits per heavy atom. The van der Waals surface area contributed by atoms with Crippen LogP contribution >= 0.6 is 33.9 Å². The molecule has 0 fully saturated rings. The van der Waals surface area contributed by atoms with E-state index in [1.54, 1.807) is 18.4 Å². The third-order valence-corrected chi connectivity index (χ3v) is 3.54. The topological polar surface area (TPSA) is 35.0 Å². The van der Waals surface area contributed by atoms with Crippen LogP contribution in [0.25, 0.3) is 0 Å². The first-order chi connectivity index (χ1) is 7.28. The molecule has 1 heterocycles. The molecular weight excluding hydrogens is 323 g/mol. The number of methoxy groups -OCH3 is 1. The minimum atomic E-state index is 0.838. The molecule has 2 aromatic rings. The number of hydrogen-bond acceptors (Lipinski definition) is 4. The molecule has 0 radical (unpaired) electrons. The Morgan fingerprint density at radius 2 is 2.00 bits per heavy atom. The summed E-state index contributed by atoms with van der Waals surface area (Å²) in [6.07, 6.45) is 0.838. The summed E-state index contributed by atoms with van der Waals surface area (Å²) in [7, 11) is 1.67. The SMILES string of the molecule is COc1ccc(Cc2nnc(I)s2)cc1. The first-order valence-corrected chi connectivity index (χ1v) is 6.28. The van der Waals surface area contributed by atoms with Crippen LogP contribution in [0.15, 0.2) is 24.3 Å². The molecule has 0 aliphatic rings. The van der Waals surface area contributed by atoms with Crippen LogP contribution in [0.1, 0.15) is 10.6 Å². The summed E-state index contributed by atoms with van der Waals surface area (Å²) in [6, 6.07) is 8.02. The van der Waals surface area contributed by atoms with Crippen LogP contribution in [-0.4, -0.2) is 17.3 Å². The van der Waals surface area contributed by atoms with Gasteiger partial charge in [-0.05, 0) is 40.3 Å².